The molecule has 0 bridgehead atoms. The zero-order valence-electron chi connectivity index (χ0n) is 22.1. The number of methoxy groups -OCH3 is 2. The topological polar surface area (TPSA) is 114 Å². The van der Waals surface area contributed by atoms with Crippen molar-refractivity contribution < 1.29 is 27.5 Å². The number of nitrogens with zero attached hydrogens (tertiary/aromatic N) is 1. The fourth-order valence-electron chi connectivity index (χ4n) is 3.64. The first-order chi connectivity index (χ1) is 18.1. The van der Waals surface area contributed by atoms with Crippen molar-refractivity contribution in [3.8, 4) is 11.5 Å². The van der Waals surface area contributed by atoms with Crippen LogP contribution in [0.4, 0.5) is 11.4 Å². The van der Waals surface area contributed by atoms with Gasteiger partial charge in [0, 0.05) is 12.1 Å². The monoisotopic (exact) mass is 539 g/mol. The van der Waals surface area contributed by atoms with Crippen molar-refractivity contribution in [3.63, 3.8) is 0 Å². The van der Waals surface area contributed by atoms with Gasteiger partial charge < -0.3 is 20.1 Å². The van der Waals surface area contributed by atoms with Crippen LogP contribution in [-0.4, -0.2) is 47.0 Å². The molecule has 0 unspecified atom stereocenters. The number of ether oxygens (including phenoxy) is 2. The van der Waals surface area contributed by atoms with Gasteiger partial charge in [0.2, 0.25) is 5.91 Å². The van der Waals surface area contributed by atoms with E-state index in [9.17, 15) is 18.0 Å². The molecule has 0 fully saturated rings. The number of hydrogen-bond donors (Lipinski definition) is 2. The van der Waals surface area contributed by atoms with Crippen LogP contribution in [0.3, 0.4) is 0 Å². The maximum atomic E-state index is 13.8. The molecule has 38 heavy (non-hydrogen) atoms. The van der Waals surface area contributed by atoms with Crippen LogP contribution < -0.4 is 24.4 Å². The van der Waals surface area contributed by atoms with Crippen molar-refractivity contribution in [1.29, 1.82) is 0 Å². The second-order valence-corrected chi connectivity index (χ2v) is 10.6. The summed E-state index contributed by atoms with van der Waals surface area (Å²) >= 11 is 0. The smallest absolute Gasteiger partial charge is 0.264 e. The molecule has 1 atom stereocenters. The zero-order valence-corrected chi connectivity index (χ0v) is 23.0. The van der Waals surface area contributed by atoms with E-state index in [-0.39, 0.29) is 39.5 Å². The molecule has 0 aliphatic rings. The van der Waals surface area contributed by atoms with Crippen molar-refractivity contribution in [1.82, 2.24) is 5.32 Å². The fourth-order valence-corrected chi connectivity index (χ4v) is 5.07. The van der Waals surface area contributed by atoms with E-state index in [1.807, 2.05) is 20.8 Å². The molecule has 202 valence electrons. The number of hydrogen-bond acceptors (Lipinski definition) is 6. The highest BCUT2D eigenvalue weighted by Crippen LogP contribution is 2.35. The van der Waals surface area contributed by atoms with E-state index in [0.717, 1.165) is 16.3 Å². The highest BCUT2D eigenvalue weighted by atomic mass is 32.2. The minimum atomic E-state index is -4.20. The minimum Gasteiger partial charge on any atom is -0.497 e. The van der Waals surface area contributed by atoms with Gasteiger partial charge in [0.15, 0.2) is 0 Å². The number of anilines is 2. The number of carbonyl (C=O) groups excluding carboxylic acids is 2. The predicted octanol–water partition coefficient (Wildman–Crippen LogP) is 4.37. The standard InChI is InChI=1S/C28H33N3O6S/c1-6-20(3)29-28(33)23-9-7-8-10-24(23)30-27(32)18-31(25-17-21(36-4)13-16-26(25)37-5)38(34,35)22-14-11-19(2)12-15-22/h7-17,20H,6,18H2,1-5H3,(H,29,33)(H,30,32)/t20-/m1/s1. The second kappa shape index (κ2) is 12.5. The van der Waals surface area contributed by atoms with Gasteiger partial charge in [-0.15, -0.1) is 0 Å². The average Bonchev–Trinajstić information content (AvgIpc) is 2.91. The molecule has 10 heteroatoms. The van der Waals surface area contributed by atoms with E-state index in [1.54, 1.807) is 48.5 Å². The summed E-state index contributed by atoms with van der Waals surface area (Å²) in [5, 5.41) is 5.58. The third-order valence-electron chi connectivity index (χ3n) is 5.99. The SMILES string of the molecule is CC[C@@H](C)NC(=O)c1ccccc1NC(=O)CN(c1cc(OC)ccc1OC)S(=O)(=O)c1ccc(C)cc1. The maximum absolute atomic E-state index is 13.8. The summed E-state index contributed by atoms with van der Waals surface area (Å²) in [6.07, 6.45) is 0.745. The normalized spacial score (nSPS) is 11.8. The third-order valence-corrected chi connectivity index (χ3v) is 7.76. The number of benzene rings is 3. The van der Waals surface area contributed by atoms with Crippen LogP contribution in [0.2, 0.25) is 0 Å². The number of nitrogens with one attached hydrogen (secondary N) is 2. The first-order valence-corrected chi connectivity index (χ1v) is 13.6. The van der Waals surface area contributed by atoms with Crippen molar-refractivity contribution in [2.45, 2.75) is 38.1 Å². The maximum Gasteiger partial charge on any atom is 0.264 e. The molecule has 9 nitrogen and oxygen atoms in total. The summed E-state index contributed by atoms with van der Waals surface area (Å²) < 4.78 is 39.3. The lowest BCUT2D eigenvalue weighted by molar-refractivity contribution is -0.114. The van der Waals surface area contributed by atoms with Gasteiger partial charge in [-0.3, -0.25) is 13.9 Å². The number of carbonyl (C=O) groups is 2. The van der Waals surface area contributed by atoms with Crippen LogP contribution in [0.1, 0.15) is 36.2 Å². The van der Waals surface area contributed by atoms with E-state index in [4.69, 9.17) is 9.47 Å². The predicted molar refractivity (Wildman–Crippen MR) is 148 cm³/mol. The summed E-state index contributed by atoms with van der Waals surface area (Å²) in [5.41, 5.74) is 1.56. The Labute approximate surface area is 223 Å². The lowest BCUT2D eigenvalue weighted by Crippen LogP contribution is -2.39. The van der Waals surface area contributed by atoms with E-state index in [2.05, 4.69) is 10.6 Å². The highest BCUT2D eigenvalue weighted by molar-refractivity contribution is 7.92. The third kappa shape index (κ3) is 6.63. The Morgan fingerprint density at radius 3 is 2.29 bits per heavy atom. The molecular weight excluding hydrogens is 506 g/mol. The molecule has 3 aromatic carbocycles. The Morgan fingerprint density at radius 1 is 0.974 bits per heavy atom. The number of rotatable bonds is 11. The molecule has 0 saturated carbocycles. The Hall–Kier alpha value is -4.05. The minimum absolute atomic E-state index is 0.00843. The molecule has 3 rings (SSSR count). The van der Waals surface area contributed by atoms with Gasteiger partial charge in [0.25, 0.3) is 15.9 Å². The summed E-state index contributed by atoms with van der Waals surface area (Å²) in [5.74, 6) is -0.358. The van der Waals surface area contributed by atoms with E-state index in [0.29, 0.717) is 5.75 Å². The molecular formula is C28H33N3O6S. The second-order valence-electron chi connectivity index (χ2n) is 8.74. The molecule has 0 aliphatic heterocycles. The highest BCUT2D eigenvalue weighted by Gasteiger charge is 2.30. The molecule has 2 amide bonds. The van der Waals surface area contributed by atoms with Crippen molar-refractivity contribution >= 4 is 33.2 Å². The van der Waals surface area contributed by atoms with Gasteiger partial charge in [-0.25, -0.2) is 8.42 Å². The molecule has 0 saturated heterocycles. The molecule has 0 spiro atoms. The van der Waals surface area contributed by atoms with Crippen molar-refractivity contribution in [3.05, 3.63) is 77.9 Å². The first kappa shape index (κ1) is 28.5. The number of sulfonamides is 1. The van der Waals surface area contributed by atoms with Gasteiger partial charge in [0.05, 0.1) is 36.1 Å². The van der Waals surface area contributed by atoms with Gasteiger partial charge in [0.1, 0.15) is 18.0 Å². The van der Waals surface area contributed by atoms with Crippen LogP contribution in [0.15, 0.2) is 71.6 Å². The molecule has 0 heterocycles. The van der Waals surface area contributed by atoms with Crippen molar-refractivity contribution in [2.24, 2.45) is 0 Å². The summed E-state index contributed by atoms with van der Waals surface area (Å²) in [6, 6.07) is 17.5. The fraction of sp³-hybridized carbons (Fsp3) is 0.286. The lowest BCUT2D eigenvalue weighted by Gasteiger charge is -2.26. The molecule has 2 N–H and O–H groups in total. The Bertz CT molecular complexity index is 1390. The Morgan fingerprint density at radius 2 is 1.66 bits per heavy atom. The largest absolute Gasteiger partial charge is 0.497 e. The van der Waals surface area contributed by atoms with Crippen LogP contribution >= 0.6 is 0 Å². The van der Waals surface area contributed by atoms with Crippen LogP contribution in [-0.2, 0) is 14.8 Å². The average molecular weight is 540 g/mol. The van der Waals surface area contributed by atoms with Crippen LogP contribution in [0.5, 0.6) is 11.5 Å². The van der Waals surface area contributed by atoms with Gasteiger partial charge in [-0.05, 0) is 56.7 Å². The summed E-state index contributed by atoms with van der Waals surface area (Å²) in [4.78, 5) is 26.1. The van der Waals surface area contributed by atoms with E-state index in [1.165, 1.54) is 32.4 Å². The molecule has 0 radical (unpaired) electrons. The lowest BCUT2D eigenvalue weighted by atomic mass is 10.1. The summed E-state index contributed by atoms with van der Waals surface area (Å²) in [6.45, 7) is 5.10. The van der Waals surface area contributed by atoms with E-state index >= 15 is 0 Å². The number of amides is 2. The molecule has 0 aromatic heterocycles. The number of aryl methyl sites for hydroxylation is 1. The first-order valence-electron chi connectivity index (χ1n) is 12.1. The Kier molecular flexibility index (Phi) is 9.35. The quantitative estimate of drug-likeness (QED) is 0.374. The summed E-state index contributed by atoms with van der Waals surface area (Å²) in [7, 11) is -1.34. The van der Waals surface area contributed by atoms with Gasteiger partial charge in [-0.1, -0.05) is 36.8 Å². The Balaban J connectivity index is 2.01. The van der Waals surface area contributed by atoms with Crippen LogP contribution in [0.25, 0.3) is 0 Å². The zero-order chi connectivity index (χ0) is 27.9. The van der Waals surface area contributed by atoms with E-state index < -0.39 is 22.5 Å². The van der Waals surface area contributed by atoms with Gasteiger partial charge >= 0.3 is 0 Å². The van der Waals surface area contributed by atoms with Crippen molar-refractivity contribution in [2.75, 3.05) is 30.4 Å². The van der Waals surface area contributed by atoms with Crippen LogP contribution in [0, 0.1) is 6.92 Å². The molecule has 3 aromatic rings. The molecule has 0 aliphatic carbocycles. The van der Waals surface area contributed by atoms with Gasteiger partial charge in [-0.2, -0.15) is 0 Å². The number of para-hydroxylation sites is 1.